The van der Waals surface area contributed by atoms with Crippen LogP contribution in [0.25, 0.3) is 16.6 Å². The topological polar surface area (TPSA) is 103 Å². The van der Waals surface area contributed by atoms with E-state index >= 15 is 4.39 Å². The summed E-state index contributed by atoms with van der Waals surface area (Å²) < 4.78 is 79.7. The SMILES string of the molecule is COc1cc2c(Oc3ccc(N=Cc4c(C)[nH]n(-c5ccccc5C(F)(F)F)c4=O)cc3F)ccnc2cc1OCCCN1CCOCC1. The molecule has 256 valence electrons. The van der Waals surface area contributed by atoms with E-state index in [2.05, 4.69) is 20.0 Å². The van der Waals surface area contributed by atoms with Crippen LogP contribution in [0.5, 0.6) is 23.0 Å². The summed E-state index contributed by atoms with van der Waals surface area (Å²) in [6.45, 7) is 6.21. The Labute approximate surface area is 278 Å². The highest BCUT2D eigenvalue weighted by molar-refractivity contribution is 5.88. The lowest BCUT2D eigenvalue weighted by atomic mass is 10.1. The lowest BCUT2D eigenvalue weighted by molar-refractivity contribution is -0.137. The molecule has 0 atom stereocenters. The minimum absolute atomic E-state index is 0.0235. The number of fused-ring (bicyclic) bond motifs is 1. The Morgan fingerprint density at radius 1 is 1.02 bits per heavy atom. The minimum atomic E-state index is -4.67. The number of nitrogens with zero attached hydrogens (tertiary/aromatic N) is 4. The highest BCUT2D eigenvalue weighted by Gasteiger charge is 2.34. The number of benzene rings is 3. The van der Waals surface area contributed by atoms with E-state index in [1.165, 1.54) is 50.6 Å². The molecule has 0 aliphatic carbocycles. The molecule has 3 heterocycles. The number of hydrogen-bond donors (Lipinski definition) is 1. The average Bonchev–Trinajstić information content (AvgIpc) is 3.38. The first-order valence-electron chi connectivity index (χ1n) is 15.5. The molecule has 3 aromatic carbocycles. The number of alkyl halides is 3. The third kappa shape index (κ3) is 7.60. The Bertz CT molecular complexity index is 2040. The van der Waals surface area contributed by atoms with Crippen LogP contribution in [0.4, 0.5) is 23.2 Å². The number of aryl methyl sites for hydroxylation is 1. The van der Waals surface area contributed by atoms with E-state index in [-0.39, 0.29) is 28.4 Å². The monoisotopic (exact) mass is 679 g/mol. The van der Waals surface area contributed by atoms with E-state index in [4.69, 9.17) is 18.9 Å². The molecule has 6 rings (SSSR count). The van der Waals surface area contributed by atoms with Crippen molar-refractivity contribution < 1.29 is 36.5 Å². The van der Waals surface area contributed by atoms with Gasteiger partial charge in [0.15, 0.2) is 23.1 Å². The molecule has 5 aromatic rings. The smallest absolute Gasteiger partial charge is 0.418 e. The molecular formula is C35H33F4N5O5. The van der Waals surface area contributed by atoms with Gasteiger partial charge in [-0.2, -0.15) is 13.2 Å². The maximum Gasteiger partial charge on any atom is 0.418 e. The number of pyridine rings is 1. The Morgan fingerprint density at radius 3 is 2.57 bits per heavy atom. The summed E-state index contributed by atoms with van der Waals surface area (Å²) in [5.41, 5.74) is -1.02. The summed E-state index contributed by atoms with van der Waals surface area (Å²) in [5.74, 6) is 0.527. The summed E-state index contributed by atoms with van der Waals surface area (Å²) in [5, 5.41) is 3.24. The van der Waals surface area contributed by atoms with Gasteiger partial charge in [0.25, 0.3) is 5.56 Å². The predicted molar refractivity (Wildman–Crippen MR) is 176 cm³/mol. The van der Waals surface area contributed by atoms with Gasteiger partial charge in [-0.05, 0) is 49.7 Å². The van der Waals surface area contributed by atoms with Crippen LogP contribution < -0.4 is 19.8 Å². The molecule has 1 fully saturated rings. The van der Waals surface area contributed by atoms with Crippen molar-refractivity contribution in [2.45, 2.75) is 19.5 Å². The van der Waals surface area contributed by atoms with Gasteiger partial charge >= 0.3 is 6.18 Å². The molecule has 0 amide bonds. The second-order valence-corrected chi connectivity index (χ2v) is 11.3. The van der Waals surface area contributed by atoms with Crippen molar-refractivity contribution in [1.29, 1.82) is 0 Å². The molecule has 1 N–H and O–H groups in total. The van der Waals surface area contributed by atoms with E-state index in [9.17, 15) is 18.0 Å². The number of methoxy groups -OCH3 is 1. The van der Waals surface area contributed by atoms with Gasteiger partial charge in [-0.1, -0.05) is 12.1 Å². The molecule has 1 saturated heterocycles. The fraction of sp³-hybridized carbons (Fsp3) is 0.286. The number of hydrogen-bond acceptors (Lipinski definition) is 8. The number of ether oxygens (including phenoxy) is 4. The number of aromatic nitrogens is 3. The fourth-order valence-electron chi connectivity index (χ4n) is 5.48. The van der Waals surface area contributed by atoms with Crippen LogP contribution in [-0.4, -0.2) is 72.4 Å². The fourth-order valence-corrected chi connectivity index (χ4v) is 5.48. The normalized spacial score (nSPS) is 14.1. The van der Waals surface area contributed by atoms with Crippen LogP contribution in [0.15, 0.2) is 76.6 Å². The molecule has 1 aliphatic rings. The van der Waals surface area contributed by atoms with Gasteiger partial charge in [0.1, 0.15) is 5.75 Å². The summed E-state index contributed by atoms with van der Waals surface area (Å²) >= 11 is 0. The summed E-state index contributed by atoms with van der Waals surface area (Å²) in [7, 11) is 1.53. The molecule has 0 bridgehead atoms. The van der Waals surface area contributed by atoms with Crippen molar-refractivity contribution in [3.63, 3.8) is 0 Å². The van der Waals surface area contributed by atoms with Gasteiger partial charge in [-0.25, -0.2) is 9.07 Å². The van der Waals surface area contributed by atoms with Gasteiger partial charge in [-0.15, -0.1) is 0 Å². The quantitative estimate of drug-likeness (QED) is 0.0928. The van der Waals surface area contributed by atoms with Gasteiger partial charge in [0.05, 0.1) is 54.9 Å². The van der Waals surface area contributed by atoms with Crippen LogP contribution in [0.2, 0.25) is 0 Å². The van der Waals surface area contributed by atoms with E-state index in [0.717, 1.165) is 56.1 Å². The number of halogens is 4. The molecule has 0 spiro atoms. The first-order chi connectivity index (χ1) is 23.6. The van der Waals surface area contributed by atoms with Crippen molar-refractivity contribution in [2.24, 2.45) is 4.99 Å². The Balaban J connectivity index is 1.17. The molecule has 0 unspecified atom stereocenters. The first kappa shape index (κ1) is 33.7. The third-order valence-electron chi connectivity index (χ3n) is 8.01. The van der Waals surface area contributed by atoms with Crippen molar-refractivity contribution in [1.82, 2.24) is 19.7 Å². The number of morpholine rings is 1. The number of aromatic amines is 1. The number of aliphatic imine (C=N–C) groups is 1. The van der Waals surface area contributed by atoms with Gasteiger partial charge in [-0.3, -0.25) is 24.8 Å². The summed E-state index contributed by atoms with van der Waals surface area (Å²) in [6, 6.07) is 13.8. The standard InChI is InChI=1S/C35H33F4N5O5/c1-22-25(34(45)44(42-22)29-7-4-3-6-26(29)35(37,38)39)21-41-23-8-9-31(27(36)18-23)49-30-10-11-40-28-20-33(32(46-2)19-24(28)30)48-15-5-12-43-13-16-47-17-14-43/h3-4,6-11,18-21,42H,5,12-17H2,1-2H3. The average molecular weight is 680 g/mol. The Kier molecular flexibility index (Phi) is 9.97. The highest BCUT2D eigenvalue weighted by Crippen LogP contribution is 2.38. The van der Waals surface area contributed by atoms with Gasteiger partial charge in [0.2, 0.25) is 0 Å². The lowest BCUT2D eigenvalue weighted by Gasteiger charge is -2.26. The lowest BCUT2D eigenvalue weighted by Crippen LogP contribution is -2.37. The summed E-state index contributed by atoms with van der Waals surface area (Å²) in [6.07, 6.45) is -1.11. The number of para-hydroxylation sites is 1. The van der Waals surface area contributed by atoms with Crippen molar-refractivity contribution in [2.75, 3.05) is 46.6 Å². The second kappa shape index (κ2) is 14.5. The largest absolute Gasteiger partial charge is 0.493 e. The maximum atomic E-state index is 15.3. The minimum Gasteiger partial charge on any atom is -0.493 e. The Hall–Kier alpha value is -5.21. The molecule has 0 radical (unpaired) electrons. The number of rotatable bonds is 11. The molecule has 10 nitrogen and oxygen atoms in total. The number of nitrogens with one attached hydrogen (secondary N) is 1. The zero-order valence-corrected chi connectivity index (χ0v) is 26.7. The van der Waals surface area contributed by atoms with Crippen molar-refractivity contribution in [3.8, 4) is 28.7 Å². The van der Waals surface area contributed by atoms with E-state index < -0.39 is 23.1 Å². The molecular weight excluding hydrogens is 646 g/mol. The molecule has 0 saturated carbocycles. The Morgan fingerprint density at radius 2 is 1.82 bits per heavy atom. The van der Waals surface area contributed by atoms with Crippen LogP contribution in [0.3, 0.4) is 0 Å². The summed E-state index contributed by atoms with van der Waals surface area (Å²) in [4.78, 5) is 24.0. The number of H-pyrrole nitrogens is 1. The molecule has 1 aliphatic heterocycles. The van der Waals surface area contributed by atoms with Crippen molar-refractivity contribution in [3.05, 3.63) is 99.9 Å². The van der Waals surface area contributed by atoms with E-state index in [1.54, 1.807) is 24.4 Å². The zero-order valence-electron chi connectivity index (χ0n) is 26.7. The zero-order chi connectivity index (χ0) is 34.5. The van der Waals surface area contributed by atoms with Crippen LogP contribution in [0, 0.1) is 12.7 Å². The molecule has 14 heteroatoms. The first-order valence-corrected chi connectivity index (χ1v) is 15.5. The van der Waals surface area contributed by atoms with Crippen LogP contribution >= 0.6 is 0 Å². The van der Waals surface area contributed by atoms with Crippen LogP contribution in [-0.2, 0) is 10.9 Å². The molecule has 2 aromatic heterocycles. The van der Waals surface area contributed by atoms with Crippen molar-refractivity contribution >= 4 is 22.8 Å². The highest BCUT2D eigenvalue weighted by atomic mass is 19.4. The van der Waals surface area contributed by atoms with Crippen LogP contribution in [0.1, 0.15) is 23.2 Å². The van der Waals surface area contributed by atoms with Gasteiger partial charge in [0, 0.05) is 55.3 Å². The van der Waals surface area contributed by atoms with E-state index in [1.807, 2.05) is 0 Å². The van der Waals surface area contributed by atoms with E-state index in [0.29, 0.717) is 34.8 Å². The molecule has 49 heavy (non-hydrogen) atoms. The maximum absolute atomic E-state index is 15.3. The third-order valence-corrected chi connectivity index (χ3v) is 8.01. The second-order valence-electron chi connectivity index (χ2n) is 11.3. The predicted octanol–water partition coefficient (Wildman–Crippen LogP) is 6.83. The van der Waals surface area contributed by atoms with Gasteiger partial charge < -0.3 is 18.9 Å².